The van der Waals surface area contributed by atoms with E-state index in [0.717, 1.165) is 25.9 Å². The summed E-state index contributed by atoms with van der Waals surface area (Å²) in [7, 11) is 6.61. The van der Waals surface area contributed by atoms with E-state index >= 15 is 0 Å². The minimum Gasteiger partial charge on any atom is -0.508 e. The van der Waals surface area contributed by atoms with Crippen molar-refractivity contribution in [3.05, 3.63) is 40.2 Å². The Morgan fingerprint density at radius 3 is 2.37 bits per heavy atom. The number of anilines is 1. The molecule has 1 saturated carbocycles. The molecule has 13 nitrogen and oxygen atoms in total. The molecule has 3 aliphatic carbocycles. The summed E-state index contributed by atoms with van der Waals surface area (Å²) in [6.07, 6.45) is 2.17. The second-order valence-corrected chi connectivity index (χ2v) is 12.4. The molecule has 13 heteroatoms. The highest BCUT2D eigenvalue weighted by Gasteiger charge is 2.64. The van der Waals surface area contributed by atoms with Crippen molar-refractivity contribution in [3.63, 3.8) is 0 Å². The summed E-state index contributed by atoms with van der Waals surface area (Å²) in [6, 6.07) is 2.04. The number of nitrogens with one attached hydrogen (secondary N) is 2. The van der Waals surface area contributed by atoms with Crippen LogP contribution in [0.25, 0.3) is 5.76 Å². The number of aromatic hydroxyl groups is 1. The van der Waals surface area contributed by atoms with Gasteiger partial charge in [0.2, 0.25) is 11.7 Å². The predicted molar refractivity (Wildman–Crippen MR) is 156 cm³/mol. The lowest BCUT2D eigenvalue weighted by atomic mass is 9.57. The molecule has 4 atom stereocenters. The number of amides is 2. The summed E-state index contributed by atoms with van der Waals surface area (Å²) >= 11 is 0. The average molecular weight is 598 g/mol. The third-order valence-electron chi connectivity index (χ3n) is 8.97. The Morgan fingerprint density at radius 2 is 1.74 bits per heavy atom. The molecule has 1 heterocycles. The number of phenols is 1. The van der Waals surface area contributed by atoms with Gasteiger partial charge in [0.25, 0.3) is 5.91 Å². The third-order valence-corrected chi connectivity index (χ3v) is 8.97. The fourth-order valence-corrected chi connectivity index (χ4v) is 6.99. The Labute approximate surface area is 249 Å². The van der Waals surface area contributed by atoms with Gasteiger partial charge in [0.15, 0.2) is 11.4 Å². The second-order valence-electron chi connectivity index (χ2n) is 12.4. The van der Waals surface area contributed by atoms with Crippen LogP contribution in [0, 0.1) is 11.8 Å². The number of ketones is 2. The number of hydrogen-bond donors (Lipinski definition) is 6. The Hall–Kier alpha value is -3.78. The number of carbonyl (C=O) groups excluding carboxylic acids is 4. The number of rotatable bonds is 7. The minimum atomic E-state index is -2.67. The lowest BCUT2D eigenvalue weighted by Gasteiger charge is -2.50. The summed E-state index contributed by atoms with van der Waals surface area (Å²) in [5.74, 6) is -6.87. The highest BCUT2D eigenvalue weighted by molar-refractivity contribution is 6.25. The molecular weight excluding hydrogens is 558 g/mol. The topological polar surface area (TPSA) is 183 Å². The van der Waals surface area contributed by atoms with Crippen molar-refractivity contribution in [3.8, 4) is 5.75 Å². The maximum absolute atomic E-state index is 14.2. The van der Waals surface area contributed by atoms with Crippen molar-refractivity contribution in [2.75, 3.05) is 59.8 Å². The molecule has 43 heavy (non-hydrogen) atoms. The molecule has 1 saturated heterocycles. The average Bonchev–Trinajstić information content (AvgIpc) is 3.44. The van der Waals surface area contributed by atoms with Crippen molar-refractivity contribution in [1.82, 2.24) is 20.0 Å². The number of likely N-dealkylation sites (N-methyl/N-ethyl adjacent to an activating group) is 2. The maximum Gasteiger partial charge on any atom is 0.259 e. The molecule has 2 fully saturated rings. The lowest BCUT2D eigenvalue weighted by molar-refractivity contribution is -0.153. The van der Waals surface area contributed by atoms with Gasteiger partial charge in [-0.3, -0.25) is 29.0 Å². The van der Waals surface area contributed by atoms with Gasteiger partial charge < -0.3 is 36.0 Å². The van der Waals surface area contributed by atoms with Gasteiger partial charge in [-0.05, 0) is 84.5 Å². The highest BCUT2D eigenvalue weighted by atomic mass is 16.3. The van der Waals surface area contributed by atoms with Gasteiger partial charge in [-0.25, -0.2) is 0 Å². The van der Waals surface area contributed by atoms with E-state index in [1.165, 1.54) is 11.0 Å². The van der Waals surface area contributed by atoms with E-state index in [2.05, 4.69) is 10.6 Å². The van der Waals surface area contributed by atoms with Crippen molar-refractivity contribution in [1.29, 1.82) is 0 Å². The van der Waals surface area contributed by atoms with Crippen LogP contribution in [0.15, 0.2) is 29.0 Å². The second kappa shape index (κ2) is 11.4. The van der Waals surface area contributed by atoms with Crippen LogP contribution < -0.4 is 10.6 Å². The molecule has 2 unspecified atom stereocenters. The molecule has 0 radical (unpaired) electrons. The smallest absolute Gasteiger partial charge is 0.259 e. The largest absolute Gasteiger partial charge is 0.508 e. The summed E-state index contributed by atoms with van der Waals surface area (Å²) in [5.41, 5.74) is -3.09. The number of Topliss-reactive ketones (excluding diaryl/α,β-unsaturated/α-hetero) is 2. The fraction of sp³-hybridized carbons (Fsp3) is 0.533. The molecular formula is C30H39N5O8. The first-order chi connectivity index (χ1) is 20.3. The van der Waals surface area contributed by atoms with Crippen molar-refractivity contribution < 1.29 is 39.6 Å². The number of fused-ring (bicyclic) bond motifs is 3. The van der Waals surface area contributed by atoms with Crippen LogP contribution in [0.2, 0.25) is 0 Å². The molecule has 5 rings (SSSR count). The number of aliphatic hydroxyl groups excluding tert-OH is 2. The molecule has 4 aliphatic rings. The van der Waals surface area contributed by atoms with E-state index in [-0.39, 0.29) is 42.9 Å². The molecule has 1 aliphatic heterocycles. The van der Waals surface area contributed by atoms with Gasteiger partial charge in [-0.1, -0.05) is 6.07 Å². The van der Waals surface area contributed by atoms with E-state index in [1.54, 1.807) is 39.2 Å². The summed E-state index contributed by atoms with van der Waals surface area (Å²) in [4.78, 5) is 58.6. The first-order valence-electron chi connectivity index (χ1n) is 14.4. The number of nitrogens with zero attached hydrogens (tertiary/aromatic N) is 3. The zero-order valence-electron chi connectivity index (χ0n) is 24.8. The van der Waals surface area contributed by atoms with Crippen molar-refractivity contribution in [2.45, 2.75) is 37.3 Å². The van der Waals surface area contributed by atoms with Gasteiger partial charge in [0, 0.05) is 11.5 Å². The Balaban J connectivity index is 1.56. The number of hydrogen-bond acceptors (Lipinski definition) is 11. The normalized spacial score (nSPS) is 27.4. The van der Waals surface area contributed by atoms with Gasteiger partial charge in [0.05, 0.1) is 30.5 Å². The predicted octanol–water partition coefficient (Wildman–Crippen LogP) is 0.148. The van der Waals surface area contributed by atoms with Crippen LogP contribution in [0.4, 0.5) is 5.69 Å². The van der Waals surface area contributed by atoms with Crippen LogP contribution >= 0.6 is 0 Å². The Kier molecular flexibility index (Phi) is 8.11. The van der Waals surface area contributed by atoms with Gasteiger partial charge in [-0.2, -0.15) is 0 Å². The van der Waals surface area contributed by atoms with E-state index in [0.29, 0.717) is 5.56 Å². The fourth-order valence-electron chi connectivity index (χ4n) is 6.99. The lowest BCUT2D eigenvalue weighted by Crippen LogP contribution is -2.66. The molecule has 6 N–H and O–H groups in total. The zero-order valence-corrected chi connectivity index (χ0v) is 24.8. The maximum atomic E-state index is 14.2. The van der Waals surface area contributed by atoms with Crippen LogP contribution in [0.5, 0.6) is 5.75 Å². The number of phenolic OH excluding ortho intramolecular Hbond substituents is 1. The monoisotopic (exact) mass is 597 g/mol. The van der Waals surface area contributed by atoms with Crippen molar-refractivity contribution >= 4 is 34.8 Å². The van der Waals surface area contributed by atoms with E-state index in [9.17, 15) is 39.6 Å². The Bertz CT molecular complexity index is 1440. The van der Waals surface area contributed by atoms with Crippen LogP contribution in [-0.2, 0) is 25.6 Å². The molecule has 0 aromatic heterocycles. The quantitative estimate of drug-likeness (QED) is 0.186. The molecule has 0 bridgehead atoms. The number of aliphatic hydroxyl groups is 3. The first-order valence-corrected chi connectivity index (χ1v) is 14.4. The summed E-state index contributed by atoms with van der Waals surface area (Å²) in [6.45, 7) is 1.73. The molecule has 0 spiro atoms. The van der Waals surface area contributed by atoms with E-state index in [1.807, 2.05) is 4.90 Å². The van der Waals surface area contributed by atoms with Gasteiger partial charge in [0.1, 0.15) is 22.8 Å². The Morgan fingerprint density at radius 1 is 1.07 bits per heavy atom. The minimum absolute atomic E-state index is 0.0322. The zero-order chi connectivity index (χ0) is 31.4. The third kappa shape index (κ3) is 5.09. The van der Waals surface area contributed by atoms with Gasteiger partial charge >= 0.3 is 0 Å². The van der Waals surface area contributed by atoms with Crippen LogP contribution in [0.1, 0.15) is 30.4 Å². The summed E-state index contributed by atoms with van der Waals surface area (Å²) in [5, 5.41) is 51.1. The van der Waals surface area contributed by atoms with E-state index < -0.39 is 69.7 Å². The molecule has 1 aromatic rings. The number of carbonyl (C=O) groups is 4. The van der Waals surface area contributed by atoms with Gasteiger partial charge in [-0.15, -0.1) is 0 Å². The summed E-state index contributed by atoms with van der Waals surface area (Å²) < 4.78 is 0. The SMILES string of the molecule is CN(C)CC(=O)Nc1ccc2c(c1O)C(O)=C1C(=O)[C@]3(O)C(O)=C(C(=O)NCN4CCCC4)C(=O)[C@@H](N(C)C)C3CC1C2. The molecule has 232 valence electrons. The van der Waals surface area contributed by atoms with Crippen LogP contribution in [0.3, 0.4) is 0 Å². The molecule has 1 aromatic carbocycles. The number of benzene rings is 1. The highest BCUT2D eigenvalue weighted by Crippen LogP contribution is 2.53. The van der Waals surface area contributed by atoms with E-state index in [4.69, 9.17) is 0 Å². The number of likely N-dealkylation sites (tertiary alicyclic amines) is 1. The standard InChI is InChI=1S/C30H39N5O8/c1-33(2)13-19(36)32-18-8-7-15-11-16-12-17-23(34(3)4)26(39)22(29(42)31-14-35-9-5-6-10-35)28(41)30(17,43)27(40)21(16)25(38)20(15)24(18)37/h7-8,16-17,23,37-38,41,43H,5-6,9-14H2,1-4H3,(H,31,42)(H,32,36)/t16?,17?,23-,30-/m0/s1. The first kappa shape index (κ1) is 30.7. The van der Waals surface area contributed by atoms with Crippen LogP contribution in [-0.4, -0.2) is 125 Å². The van der Waals surface area contributed by atoms with Crippen molar-refractivity contribution in [2.24, 2.45) is 11.8 Å². The molecule has 2 amide bonds.